The summed E-state index contributed by atoms with van der Waals surface area (Å²) in [6.07, 6.45) is 0. The van der Waals surface area contributed by atoms with Crippen LogP contribution in [0.3, 0.4) is 0 Å². The lowest BCUT2D eigenvalue weighted by molar-refractivity contribution is 0.0695. The Morgan fingerprint density at radius 2 is 2.06 bits per heavy atom. The minimum absolute atomic E-state index is 0.169. The molecule has 0 spiro atoms. The van der Waals surface area contributed by atoms with Crippen molar-refractivity contribution in [2.75, 3.05) is 25.1 Å². The van der Waals surface area contributed by atoms with E-state index in [2.05, 4.69) is 19.9 Å². The van der Waals surface area contributed by atoms with Crippen molar-refractivity contribution in [3.05, 3.63) is 58.6 Å². The van der Waals surface area contributed by atoms with Crippen molar-refractivity contribution in [3.63, 3.8) is 0 Å². The molecule has 0 unspecified atom stereocenters. The zero-order valence-electron chi connectivity index (χ0n) is 17.3. The molecule has 1 aliphatic rings. The van der Waals surface area contributed by atoms with E-state index in [-0.39, 0.29) is 11.6 Å². The van der Waals surface area contributed by atoms with Crippen LogP contribution < -0.4 is 14.4 Å². The number of aromatic nitrogens is 3. The van der Waals surface area contributed by atoms with Gasteiger partial charge in [0.25, 0.3) is 0 Å². The van der Waals surface area contributed by atoms with Crippen LogP contribution in [0.1, 0.15) is 15.9 Å². The summed E-state index contributed by atoms with van der Waals surface area (Å²) in [7, 11) is 2.02. The van der Waals surface area contributed by atoms with Gasteiger partial charge in [0.1, 0.15) is 18.1 Å². The number of likely N-dealkylation sites (N-methyl/N-ethyl adjacent to an activating group) is 1. The van der Waals surface area contributed by atoms with Crippen LogP contribution in [0.5, 0.6) is 17.5 Å². The van der Waals surface area contributed by atoms with Crippen LogP contribution in [0.25, 0.3) is 22.4 Å². The number of pyridine rings is 1. The first-order chi connectivity index (χ1) is 15.4. The van der Waals surface area contributed by atoms with Crippen LogP contribution in [0.4, 0.5) is 5.69 Å². The average molecular weight is 451 g/mol. The number of ether oxygens (including phenoxy) is 2. The van der Waals surface area contributed by atoms with E-state index in [0.29, 0.717) is 39.8 Å². The molecule has 0 radical (unpaired) electrons. The summed E-state index contributed by atoms with van der Waals surface area (Å²) in [5, 5.41) is 9.77. The van der Waals surface area contributed by atoms with Crippen molar-refractivity contribution in [2.45, 2.75) is 6.92 Å². The average Bonchev–Trinajstić information content (AvgIpc) is 3.15. The highest BCUT2D eigenvalue weighted by atomic mass is 35.5. The van der Waals surface area contributed by atoms with E-state index in [9.17, 15) is 9.90 Å². The van der Waals surface area contributed by atoms with Crippen LogP contribution >= 0.6 is 11.6 Å². The van der Waals surface area contributed by atoms with Crippen LogP contribution in [-0.2, 0) is 0 Å². The second-order valence-corrected chi connectivity index (χ2v) is 7.98. The first kappa shape index (κ1) is 20.1. The lowest BCUT2D eigenvalue weighted by Gasteiger charge is -2.27. The molecule has 0 saturated heterocycles. The minimum atomic E-state index is -1.02. The number of nitrogens with one attached hydrogen (secondary N) is 1. The van der Waals surface area contributed by atoms with Crippen molar-refractivity contribution in [1.82, 2.24) is 15.0 Å². The predicted octanol–water partition coefficient (Wildman–Crippen LogP) is 4.91. The fraction of sp³-hybridized carbons (Fsp3) is 0.174. The number of carboxylic acid groups (broad SMARTS) is 1. The molecule has 32 heavy (non-hydrogen) atoms. The molecule has 0 amide bonds. The number of anilines is 1. The van der Waals surface area contributed by atoms with Gasteiger partial charge in [0.15, 0.2) is 5.65 Å². The number of carboxylic acids is 1. The monoisotopic (exact) mass is 450 g/mol. The lowest BCUT2D eigenvalue weighted by atomic mass is 10.1. The number of nitrogens with zero attached hydrogens (tertiary/aromatic N) is 3. The highest BCUT2D eigenvalue weighted by Gasteiger charge is 2.18. The summed E-state index contributed by atoms with van der Waals surface area (Å²) in [6, 6.07) is 12.6. The SMILES string of the molecule is Cc1ccc(Oc2nc3nc(-c4ccc5c(c4)OCCN5C)c(Cl)cc3[nH]2)cc1C(=O)O. The summed E-state index contributed by atoms with van der Waals surface area (Å²) in [5.74, 6) is 0.124. The number of imidazole rings is 1. The quantitative estimate of drug-likeness (QED) is 0.455. The third-order valence-electron chi connectivity index (χ3n) is 5.39. The number of aryl methyl sites for hydroxylation is 1. The summed E-state index contributed by atoms with van der Waals surface area (Å²) >= 11 is 6.52. The van der Waals surface area contributed by atoms with Gasteiger partial charge in [-0.2, -0.15) is 4.98 Å². The minimum Gasteiger partial charge on any atom is -0.490 e. The Labute approximate surface area is 188 Å². The molecule has 4 aromatic rings. The van der Waals surface area contributed by atoms with Gasteiger partial charge >= 0.3 is 12.0 Å². The van der Waals surface area contributed by atoms with E-state index in [0.717, 1.165) is 23.5 Å². The van der Waals surface area contributed by atoms with Gasteiger partial charge in [-0.25, -0.2) is 9.78 Å². The first-order valence-corrected chi connectivity index (χ1v) is 10.3. The Hall–Kier alpha value is -3.78. The third-order valence-corrected chi connectivity index (χ3v) is 5.68. The number of rotatable bonds is 4. The molecule has 2 N–H and O–H groups in total. The largest absolute Gasteiger partial charge is 0.490 e. The van der Waals surface area contributed by atoms with Gasteiger partial charge < -0.3 is 24.5 Å². The fourth-order valence-electron chi connectivity index (χ4n) is 3.66. The van der Waals surface area contributed by atoms with Crippen molar-refractivity contribution >= 4 is 34.4 Å². The zero-order chi connectivity index (χ0) is 22.4. The van der Waals surface area contributed by atoms with E-state index in [1.807, 2.05) is 25.2 Å². The number of carbonyl (C=O) groups is 1. The summed E-state index contributed by atoms with van der Waals surface area (Å²) < 4.78 is 11.5. The first-order valence-electron chi connectivity index (χ1n) is 9.95. The molecule has 0 saturated carbocycles. The normalized spacial score (nSPS) is 13.0. The van der Waals surface area contributed by atoms with Crippen molar-refractivity contribution < 1.29 is 19.4 Å². The number of hydrogen-bond acceptors (Lipinski definition) is 6. The van der Waals surface area contributed by atoms with Crippen LogP contribution in [0, 0.1) is 6.92 Å². The number of H-pyrrole nitrogens is 1. The Bertz CT molecular complexity index is 1370. The molecule has 0 bridgehead atoms. The van der Waals surface area contributed by atoms with Gasteiger partial charge in [-0.1, -0.05) is 23.7 Å². The molecule has 0 atom stereocenters. The van der Waals surface area contributed by atoms with Crippen LogP contribution in [-0.4, -0.2) is 46.2 Å². The second kappa shape index (κ2) is 7.72. The molecule has 2 aromatic carbocycles. The Morgan fingerprint density at radius 3 is 2.88 bits per heavy atom. The molecular formula is C23H19ClN4O4. The molecule has 1 aliphatic heterocycles. The Balaban J connectivity index is 1.49. The molecule has 5 rings (SSSR count). The van der Waals surface area contributed by atoms with Gasteiger partial charge in [-0.3, -0.25) is 0 Å². The lowest BCUT2D eigenvalue weighted by Crippen LogP contribution is -2.28. The standard InChI is InChI=1S/C23H19ClN4O4/c1-12-3-5-14(10-15(12)22(29)30)32-23-25-17-11-16(24)20(26-21(17)27-23)13-4-6-18-19(9-13)31-8-7-28(18)2/h3-6,9-11H,7-8H2,1-2H3,(H,29,30)(H,25,26,27). The maximum Gasteiger partial charge on any atom is 0.336 e. The van der Waals surface area contributed by atoms with E-state index < -0.39 is 5.97 Å². The Morgan fingerprint density at radius 1 is 1.22 bits per heavy atom. The molecule has 8 nitrogen and oxygen atoms in total. The van der Waals surface area contributed by atoms with Gasteiger partial charge in [-0.05, 0) is 42.8 Å². The molecular weight excluding hydrogens is 432 g/mol. The van der Waals surface area contributed by atoms with Gasteiger partial charge in [-0.15, -0.1) is 0 Å². The van der Waals surface area contributed by atoms with E-state index in [1.54, 1.807) is 25.1 Å². The smallest absolute Gasteiger partial charge is 0.336 e. The third kappa shape index (κ3) is 3.58. The number of aromatic amines is 1. The summed E-state index contributed by atoms with van der Waals surface area (Å²) in [5.41, 5.74) is 4.27. The highest BCUT2D eigenvalue weighted by molar-refractivity contribution is 6.33. The van der Waals surface area contributed by atoms with E-state index in [4.69, 9.17) is 21.1 Å². The zero-order valence-corrected chi connectivity index (χ0v) is 18.1. The van der Waals surface area contributed by atoms with Crippen LogP contribution in [0.2, 0.25) is 5.02 Å². The van der Waals surface area contributed by atoms with Crippen molar-refractivity contribution in [3.8, 4) is 28.8 Å². The molecule has 2 aromatic heterocycles. The number of aromatic carboxylic acids is 1. The fourth-order valence-corrected chi connectivity index (χ4v) is 3.92. The number of halogens is 1. The molecule has 3 heterocycles. The van der Waals surface area contributed by atoms with Crippen molar-refractivity contribution in [1.29, 1.82) is 0 Å². The van der Waals surface area contributed by atoms with E-state index >= 15 is 0 Å². The number of hydrogen-bond donors (Lipinski definition) is 2. The Kier molecular flexibility index (Phi) is 4.86. The van der Waals surface area contributed by atoms with Crippen molar-refractivity contribution in [2.24, 2.45) is 0 Å². The maximum atomic E-state index is 11.4. The van der Waals surface area contributed by atoms with Gasteiger partial charge in [0.05, 0.1) is 34.0 Å². The topological polar surface area (TPSA) is 101 Å². The molecule has 0 aliphatic carbocycles. The van der Waals surface area contributed by atoms with Gasteiger partial charge in [0, 0.05) is 12.6 Å². The molecule has 0 fully saturated rings. The number of benzene rings is 2. The molecule has 9 heteroatoms. The predicted molar refractivity (Wildman–Crippen MR) is 121 cm³/mol. The number of fused-ring (bicyclic) bond motifs is 2. The summed E-state index contributed by atoms with van der Waals surface area (Å²) in [4.78, 5) is 25.5. The van der Waals surface area contributed by atoms with Crippen LogP contribution in [0.15, 0.2) is 42.5 Å². The van der Waals surface area contributed by atoms with Gasteiger partial charge in [0.2, 0.25) is 0 Å². The maximum absolute atomic E-state index is 11.4. The summed E-state index contributed by atoms with van der Waals surface area (Å²) in [6.45, 7) is 3.18. The second-order valence-electron chi connectivity index (χ2n) is 7.57. The van der Waals surface area contributed by atoms with E-state index in [1.165, 1.54) is 6.07 Å². The molecule has 162 valence electrons. The highest BCUT2D eigenvalue weighted by Crippen LogP contribution is 2.37.